The van der Waals surface area contributed by atoms with E-state index in [2.05, 4.69) is 11.9 Å². The van der Waals surface area contributed by atoms with E-state index in [0.717, 1.165) is 23.2 Å². The molecule has 0 amide bonds. The minimum atomic E-state index is -0.773. The van der Waals surface area contributed by atoms with Crippen LogP contribution in [0.25, 0.3) is 11.1 Å². The van der Waals surface area contributed by atoms with Crippen LogP contribution in [0.5, 0.6) is 0 Å². The number of para-hydroxylation sites is 1. The number of carboxylic acids is 1. The van der Waals surface area contributed by atoms with Crippen LogP contribution in [-0.2, 0) is 4.79 Å². The van der Waals surface area contributed by atoms with Gasteiger partial charge in [-0.2, -0.15) is 0 Å². The third-order valence-corrected chi connectivity index (χ3v) is 3.68. The number of rotatable bonds is 6. The molecule has 0 aliphatic heterocycles. The summed E-state index contributed by atoms with van der Waals surface area (Å²) in [5.41, 5.74) is 9.65. The van der Waals surface area contributed by atoms with Gasteiger partial charge in [-0.3, -0.25) is 9.78 Å². The molecule has 21 heavy (non-hydrogen) atoms. The van der Waals surface area contributed by atoms with Crippen molar-refractivity contribution in [2.45, 2.75) is 32.1 Å². The van der Waals surface area contributed by atoms with E-state index in [1.807, 2.05) is 36.4 Å². The van der Waals surface area contributed by atoms with Crippen molar-refractivity contribution in [1.29, 1.82) is 0 Å². The van der Waals surface area contributed by atoms with Crippen LogP contribution < -0.4 is 5.73 Å². The molecule has 2 aromatic rings. The SMILES string of the molecule is CCC(CCC(=O)O)c1ncccc1-c1ccccc1N. The molecule has 0 bridgehead atoms. The summed E-state index contributed by atoms with van der Waals surface area (Å²) < 4.78 is 0. The first kappa shape index (κ1) is 15.0. The molecule has 0 spiro atoms. The highest BCUT2D eigenvalue weighted by Gasteiger charge is 2.18. The number of nitrogens with zero attached hydrogens (tertiary/aromatic N) is 1. The molecule has 110 valence electrons. The second-order valence-electron chi connectivity index (χ2n) is 5.06. The number of hydrogen-bond acceptors (Lipinski definition) is 3. The molecule has 1 unspecified atom stereocenters. The van der Waals surface area contributed by atoms with Crippen LogP contribution in [0.15, 0.2) is 42.6 Å². The van der Waals surface area contributed by atoms with Gasteiger partial charge >= 0.3 is 5.97 Å². The summed E-state index contributed by atoms with van der Waals surface area (Å²) in [5, 5.41) is 8.89. The van der Waals surface area contributed by atoms with E-state index in [-0.39, 0.29) is 12.3 Å². The lowest BCUT2D eigenvalue weighted by atomic mass is 9.90. The Morgan fingerprint density at radius 1 is 1.24 bits per heavy atom. The van der Waals surface area contributed by atoms with Gasteiger partial charge in [0.15, 0.2) is 0 Å². The Kier molecular flexibility index (Phi) is 4.93. The summed E-state index contributed by atoms with van der Waals surface area (Å²) in [6.45, 7) is 2.05. The third-order valence-electron chi connectivity index (χ3n) is 3.68. The Morgan fingerprint density at radius 2 is 1.95 bits per heavy atom. The number of benzene rings is 1. The Labute approximate surface area is 124 Å². The maximum Gasteiger partial charge on any atom is 0.303 e. The van der Waals surface area contributed by atoms with Gasteiger partial charge in [0, 0.05) is 35.3 Å². The number of nitrogens with two attached hydrogens (primary N) is 1. The average molecular weight is 284 g/mol. The quantitative estimate of drug-likeness (QED) is 0.793. The van der Waals surface area contributed by atoms with Crippen LogP contribution in [0, 0.1) is 0 Å². The minimum Gasteiger partial charge on any atom is -0.481 e. The highest BCUT2D eigenvalue weighted by Crippen LogP contribution is 2.34. The lowest BCUT2D eigenvalue weighted by molar-refractivity contribution is -0.137. The van der Waals surface area contributed by atoms with Crippen molar-refractivity contribution in [1.82, 2.24) is 4.98 Å². The van der Waals surface area contributed by atoms with E-state index in [9.17, 15) is 4.79 Å². The van der Waals surface area contributed by atoms with E-state index in [0.29, 0.717) is 12.1 Å². The van der Waals surface area contributed by atoms with Crippen LogP contribution in [0.1, 0.15) is 37.8 Å². The molecule has 0 aliphatic carbocycles. The second kappa shape index (κ2) is 6.88. The molecule has 1 aromatic carbocycles. The molecular weight excluding hydrogens is 264 g/mol. The molecule has 0 saturated heterocycles. The molecule has 1 atom stereocenters. The molecule has 1 heterocycles. The van der Waals surface area contributed by atoms with Crippen molar-refractivity contribution in [3.63, 3.8) is 0 Å². The predicted molar refractivity (Wildman–Crippen MR) is 84.0 cm³/mol. The first-order chi connectivity index (χ1) is 10.1. The topological polar surface area (TPSA) is 76.2 Å². The predicted octanol–water partition coefficient (Wildman–Crippen LogP) is 3.69. The fourth-order valence-electron chi connectivity index (χ4n) is 2.54. The van der Waals surface area contributed by atoms with E-state index in [1.54, 1.807) is 6.20 Å². The number of anilines is 1. The summed E-state index contributed by atoms with van der Waals surface area (Å²) in [7, 11) is 0. The van der Waals surface area contributed by atoms with Gasteiger partial charge < -0.3 is 10.8 Å². The maximum atomic E-state index is 10.8. The Bertz CT molecular complexity index is 626. The Hall–Kier alpha value is -2.36. The first-order valence-corrected chi connectivity index (χ1v) is 7.15. The zero-order valence-corrected chi connectivity index (χ0v) is 12.1. The molecule has 0 aliphatic rings. The Balaban J connectivity index is 2.40. The van der Waals surface area contributed by atoms with Crippen LogP contribution in [0.2, 0.25) is 0 Å². The zero-order valence-electron chi connectivity index (χ0n) is 12.1. The van der Waals surface area contributed by atoms with Crippen molar-refractivity contribution in [2.75, 3.05) is 5.73 Å². The second-order valence-corrected chi connectivity index (χ2v) is 5.06. The van der Waals surface area contributed by atoms with E-state index in [1.165, 1.54) is 0 Å². The van der Waals surface area contributed by atoms with Gasteiger partial charge in [-0.25, -0.2) is 0 Å². The first-order valence-electron chi connectivity index (χ1n) is 7.15. The number of aliphatic carboxylic acids is 1. The molecule has 3 N–H and O–H groups in total. The number of nitrogen functional groups attached to an aromatic ring is 1. The summed E-state index contributed by atoms with van der Waals surface area (Å²) in [6.07, 6.45) is 3.34. The third kappa shape index (κ3) is 3.60. The molecule has 4 heteroatoms. The van der Waals surface area contributed by atoms with Gasteiger partial charge in [-0.15, -0.1) is 0 Å². The van der Waals surface area contributed by atoms with Crippen molar-refractivity contribution >= 4 is 11.7 Å². The van der Waals surface area contributed by atoms with Crippen LogP contribution >= 0.6 is 0 Å². The molecule has 4 nitrogen and oxygen atoms in total. The van der Waals surface area contributed by atoms with Gasteiger partial charge in [0.1, 0.15) is 0 Å². The minimum absolute atomic E-state index is 0.122. The zero-order chi connectivity index (χ0) is 15.2. The van der Waals surface area contributed by atoms with Crippen molar-refractivity contribution in [3.05, 3.63) is 48.3 Å². The molecule has 0 saturated carbocycles. The molecule has 1 aromatic heterocycles. The highest BCUT2D eigenvalue weighted by atomic mass is 16.4. The molecule has 0 radical (unpaired) electrons. The van der Waals surface area contributed by atoms with Gasteiger partial charge in [0.25, 0.3) is 0 Å². The van der Waals surface area contributed by atoms with Crippen LogP contribution in [-0.4, -0.2) is 16.1 Å². The number of carbonyl (C=O) groups is 1. The number of hydrogen-bond donors (Lipinski definition) is 2. The number of carboxylic acid groups (broad SMARTS) is 1. The van der Waals surface area contributed by atoms with Crippen molar-refractivity contribution in [3.8, 4) is 11.1 Å². The van der Waals surface area contributed by atoms with Gasteiger partial charge in [0.2, 0.25) is 0 Å². The Morgan fingerprint density at radius 3 is 2.62 bits per heavy atom. The average Bonchev–Trinajstić information content (AvgIpc) is 2.49. The fraction of sp³-hybridized carbons (Fsp3) is 0.294. The largest absolute Gasteiger partial charge is 0.481 e. The van der Waals surface area contributed by atoms with E-state index in [4.69, 9.17) is 10.8 Å². The summed E-state index contributed by atoms with van der Waals surface area (Å²) in [4.78, 5) is 15.3. The normalized spacial score (nSPS) is 12.0. The summed E-state index contributed by atoms with van der Waals surface area (Å²) in [5.74, 6) is -0.651. The summed E-state index contributed by atoms with van der Waals surface area (Å²) >= 11 is 0. The number of aromatic nitrogens is 1. The lowest BCUT2D eigenvalue weighted by Crippen LogP contribution is -2.06. The molecule has 0 fully saturated rings. The van der Waals surface area contributed by atoms with Gasteiger partial charge in [-0.1, -0.05) is 31.2 Å². The molecular formula is C17H20N2O2. The van der Waals surface area contributed by atoms with E-state index >= 15 is 0 Å². The maximum absolute atomic E-state index is 10.8. The number of pyridine rings is 1. The van der Waals surface area contributed by atoms with Gasteiger partial charge in [0.05, 0.1) is 5.69 Å². The van der Waals surface area contributed by atoms with E-state index < -0.39 is 5.97 Å². The van der Waals surface area contributed by atoms with Gasteiger partial charge in [-0.05, 0) is 25.0 Å². The van der Waals surface area contributed by atoms with Crippen LogP contribution in [0.4, 0.5) is 5.69 Å². The lowest BCUT2D eigenvalue weighted by Gasteiger charge is -2.18. The monoisotopic (exact) mass is 284 g/mol. The highest BCUT2D eigenvalue weighted by molar-refractivity contribution is 5.78. The van der Waals surface area contributed by atoms with Crippen molar-refractivity contribution < 1.29 is 9.90 Å². The summed E-state index contributed by atoms with van der Waals surface area (Å²) in [6, 6.07) is 11.6. The molecule has 2 rings (SSSR count). The smallest absolute Gasteiger partial charge is 0.303 e. The standard InChI is InChI=1S/C17H20N2O2/c1-2-12(9-10-16(20)21)17-14(7-5-11-19-17)13-6-3-4-8-15(13)18/h3-8,11-12H,2,9-10,18H2,1H3,(H,20,21). The fourth-order valence-corrected chi connectivity index (χ4v) is 2.54. The van der Waals surface area contributed by atoms with Crippen LogP contribution in [0.3, 0.4) is 0 Å². The van der Waals surface area contributed by atoms with Crippen molar-refractivity contribution in [2.24, 2.45) is 0 Å².